The molecule has 0 aliphatic carbocycles. The molecule has 4 heterocycles. The van der Waals surface area contributed by atoms with Crippen LogP contribution in [0.15, 0.2) is 201 Å². The second-order valence-electron chi connectivity index (χ2n) is 14.5. The second kappa shape index (κ2) is 12.4. The van der Waals surface area contributed by atoms with Gasteiger partial charge in [0.25, 0.3) is 0 Å². The first-order chi connectivity index (χ1) is 28.3. The van der Waals surface area contributed by atoms with Gasteiger partial charge in [-0.1, -0.05) is 140 Å². The number of furan rings is 2. The third kappa shape index (κ3) is 4.90. The van der Waals surface area contributed by atoms with Crippen molar-refractivity contribution in [2.75, 3.05) is 0 Å². The third-order valence-electron chi connectivity index (χ3n) is 11.3. The van der Waals surface area contributed by atoms with E-state index in [0.717, 1.165) is 83.2 Å². The van der Waals surface area contributed by atoms with Crippen molar-refractivity contribution in [3.8, 4) is 16.8 Å². The summed E-state index contributed by atoms with van der Waals surface area (Å²) < 4.78 is 15.8. The summed E-state index contributed by atoms with van der Waals surface area (Å²) in [6.45, 7) is 0. The highest BCUT2D eigenvalue weighted by Crippen LogP contribution is 2.43. The number of aromatic nitrogens is 1. The molecule has 6 nitrogen and oxygen atoms in total. The van der Waals surface area contributed by atoms with Gasteiger partial charge in [-0.2, -0.15) is 0 Å². The van der Waals surface area contributed by atoms with Gasteiger partial charge in [0, 0.05) is 49.2 Å². The van der Waals surface area contributed by atoms with E-state index in [0.29, 0.717) is 5.84 Å². The third-order valence-corrected chi connectivity index (χ3v) is 11.3. The maximum absolute atomic E-state index is 6.77. The van der Waals surface area contributed by atoms with Gasteiger partial charge in [-0.05, 0) is 48.0 Å². The number of nitrogens with zero attached hydrogens (tertiary/aromatic N) is 3. The summed E-state index contributed by atoms with van der Waals surface area (Å²) in [5.74, 6) is 1.46. The van der Waals surface area contributed by atoms with Crippen LogP contribution in [0.3, 0.4) is 0 Å². The van der Waals surface area contributed by atoms with E-state index in [1.54, 1.807) is 0 Å². The lowest BCUT2D eigenvalue weighted by Crippen LogP contribution is -2.33. The first-order valence-electron chi connectivity index (χ1n) is 19.2. The van der Waals surface area contributed by atoms with E-state index in [1.165, 1.54) is 21.8 Å². The van der Waals surface area contributed by atoms with E-state index in [1.807, 2.05) is 48.5 Å². The summed E-state index contributed by atoms with van der Waals surface area (Å²) in [4.78, 5) is 10.2. The smallest absolute Gasteiger partial charge is 0.159 e. The molecule has 1 atom stereocenters. The number of benzene rings is 8. The van der Waals surface area contributed by atoms with E-state index < -0.39 is 6.17 Å². The Balaban J connectivity index is 1.000. The molecule has 268 valence electrons. The number of para-hydroxylation sites is 3. The van der Waals surface area contributed by atoms with Crippen molar-refractivity contribution >= 4 is 77.4 Å². The van der Waals surface area contributed by atoms with Crippen molar-refractivity contribution < 1.29 is 8.83 Å². The molecule has 0 saturated heterocycles. The molecule has 12 rings (SSSR count). The molecule has 6 heteroatoms. The van der Waals surface area contributed by atoms with E-state index in [9.17, 15) is 0 Å². The Bertz CT molecular complexity index is 3390. The minimum atomic E-state index is -0.392. The van der Waals surface area contributed by atoms with Crippen LogP contribution in [0.1, 0.15) is 22.9 Å². The normalized spacial score (nSPS) is 14.5. The molecule has 0 saturated carbocycles. The van der Waals surface area contributed by atoms with Gasteiger partial charge >= 0.3 is 0 Å². The van der Waals surface area contributed by atoms with Gasteiger partial charge in [0.2, 0.25) is 0 Å². The zero-order valence-corrected chi connectivity index (χ0v) is 30.6. The first-order valence-corrected chi connectivity index (χ1v) is 19.2. The lowest BCUT2D eigenvalue weighted by molar-refractivity contribution is 0.662. The van der Waals surface area contributed by atoms with Crippen LogP contribution in [0.4, 0.5) is 0 Å². The van der Waals surface area contributed by atoms with Crippen molar-refractivity contribution in [3.63, 3.8) is 0 Å². The van der Waals surface area contributed by atoms with Gasteiger partial charge in [-0.25, -0.2) is 9.98 Å². The summed E-state index contributed by atoms with van der Waals surface area (Å²) in [7, 11) is 0. The zero-order valence-electron chi connectivity index (χ0n) is 30.6. The highest BCUT2D eigenvalue weighted by Gasteiger charge is 2.25. The number of rotatable bonds is 5. The topological polar surface area (TPSA) is 68.0 Å². The zero-order chi connectivity index (χ0) is 37.5. The molecule has 0 bridgehead atoms. The van der Waals surface area contributed by atoms with E-state index in [-0.39, 0.29) is 0 Å². The molecule has 0 radical (unpaired) electrons. The molecule has 57 heavy (non-hydrogen) atoms. The van der Waals surface area contributed by atoms with E-state index >= 15 is 0 Å². The SMILES string of the molecule is c1ccc(C2=NC(c3cccc4oc5c(-c6ccc7c(c6)oc6cccc(-n8c9ccccc9c9ccccc98)c67)cccc5c34)NC(c3ccccc3)=N2)cc1. The minimum Gasteiger partial charge on any atom is -0.456 e. The number of aliphatic imine (C=N–C) groups is 2. The Kier molecular flexibility index (Phi) is 6.89. The van der Waals surface area contributed by atoms with Crippen molar-refractivity contribution in [2.24, 2.45) is 9.98 Å². The van der Waals surface area contributed by atoms with Crippen LogP contribution in [0.25, 0.3) is 82.5 Å². The number of hydrogen-bond donors (Lipinski definition) is 1. The number of amidine groups is 2. The van der Waals surface area contributed by atoms with Crippen molar-refractivity contribution in [1.82, 2.24) is 9.88 Å². The van der Waals surface area contributed by atoms with Crippen LogP contribution in [0, 0.1) is 0 Å². The molecule has 1 aliphatic rings. The maximum Gasteiger partial charge on any atom is 0.159 e. The quantitative estimate of drug-likeness (QED) is 0.192. The van der Waals surface area contributed by atoms with Crippen LogP contribution < -0.4 is 5.32 Å². The second-order valence-corrected chi connectivity index (χ2v) is 14.5. The van der Waals surface area contributed by atoms with Gasteiger partial charge in [-0.15, -0.1) is 0 Å². The van der Waals surface area contributed by atoms with Crippen molar-refractivity contribution in [1.29, 1.82) is 0 Å². The molecule has 3 aromatic heterocycles. The van der Waals surface area contributed by atoms with Gasteiger partial charge in [-0.3, -0.25) is 0 Å². The highest BCUT2D eigenvalue weighted by atomic mass is 16.3. The molecular formula is C51H32N4O2. The van der Waals surface area contributed by atoms with Crippen LogP contribution in [-0.2, 0) is 0 Å². The standard InChI is InChI=1S/C51H32N4O2/c1-3-14-31(15-4-1)49-52-50(32-16-5-2-6-17-32)54-51(53-49)39-22-12-26-43-46(39)38-21-11-20-34(48(38)57-43)33-28-29-37-45(30-33)56-44-27-13-25-42(47(37)44)55-40-23-9-7-18-35(40)36-19-8-10-24-41(36)55/h1-30,51H,(H,52,53,54). The fourth-order valence-electron chi connectivity index (χ4n) is 8.74. The highest BCUT2D eigenvalue weighted by molar-refractivity contribution is 6.17. The molecule has 8 aromatic carbocycles. The average molecular weight is 733 g/mol. The predicted octanol–water partition coefficient (Wildman–Crippen LogP) is 12.7. The molecule has 0 spiro atoms. The average Bonchev–Trinajstić information content (AvgIpc) is 3.96. The summed E-state index contributed by atoms with van der Waals surface area (Å²) >= 11 is 0. The number of nitrogens with one attached hydrogen (secondary N) is 1. The molecule has 1 N–H and O–H groups in total. The van der Waals surface area contributed by atoms with Crippen molar-refractivity contribution in [2.45, 2.75) is 6.17 Å². The number of fused-ring (bicyclic) bond motifs is 9. The lowest BCUT2D eigenvalue weighted by atomic mass is 9.98. The maximum atomic E-state index is 6.77. The van der Waals surface area contributed by atoms with Crippen LogP contribution >= 0.6 is 0 Å². The first kappa shape index (κ1) is 31.6. The summed E-state index contributed by atoms with van der Waals surface area (Å²) in [6.07, 6.45) is -0.392. The minimum absolute atomic E-state index is 0.392. The Labute approximate surface area is 326 Å². The molecule has 0 amide bonds. The Morgan fingerprint density at radius 3 is 1.89 bits per heavy atom. The predicted molar refractivity (Wildman–Crippen MR) is 233 cm³/mol. The van der Waals surface area contributed by atoms with Gasteiger partial charge in [0.05, 0.1) is 22.1 Å². The molecule has 1 unspecified atom stereocenters. The summed E-state index contributed by atoms with van der Waals surface area (Å²) in [6, 6.07) is 63.1. The summed E-state index contributed by atoms with van der Waals surface area (Å²) in [5.41, 5.74) is 11.7. The van der Waals surface area contributed by atoms with Crippen LogP contribution in [0.5, 0.6) is 0 Å². The van der Waals surface area contributed by atoms with Gasteiger partial charge < -0.3 is 18.7 Å². The Hall–Kier alpha value is -7.70. The van der Waals surface area contributed by atoms with E-state index in [2.05, 4.69) is 143 Å². The van der Waals surface area contributed by atoms with Crippen molar-refractivity contribution in [3.05, 3.63) is 199 Å². The number of hydrogen-bond acceptors (Lipinski definition) is 5. The molecule has 1 aliphatic heterocycles. The Morgan fingerprint density at radius 2 is 1.12 bits per heavy atom. The fourth-order valence-corrected chi connectivity index (χ4v) is 8.74. The largest absolute Gasteiger partial charge is 0.456 e. The molecule has 11 aromatic rings. The Morgan fingerprint density at radius 1 is 0.474 bits per heavy atom. The fraction of sp³-hybridized carbons (Fsp3) is 0.0196. The molecular weight excluding hydrogens is 701 g/mol. The van der Waals surface area contributed by atoms with E-state index in [4.69, 9.17) is 18.8 Å². The summed E-state index contributed by atoms with van der Waals surface area (Å²) in [5, 5.41) is 10.3. The van der Waals surface area contributed by atoms with Crippen LogP contribution in [-0.4, -0.2) is 16.2 Å². The lowest BCUT2D eigenvalue weighted by Gasteiger charge is -2.24. The van der Waals surface area contributed by atoms with Crippen LogP contribution in [0.2, 0.25) is 0 Å². The van der Waals surface area contributed by atoms with Gasteiger partial charge in [0.1, 0.15) is 34.3 Å². The molecule has 0 fully saturated rings. The monoisotopic (exact) mass is 732 g/mol. The van der Waals surface area contributed by atoms with Gasteiger partial charge in [0.15, 0.2) is 5.84 Å².